The summed E-state index contributed by atoms with van der Waals surface area (Å²) in [6, 6.07) is 28.1. The predicted octanol–water partition coefficient (Wildman–Crippen LogP) is 6.52. The minimum absolute atomic E-state index is 0.0388. The van der Waals surface area contributed by atoms with E-state index in [0.717, 1.165) is 10.3 Å². The average molecular weight is 579 g/mol. The first-order valence-corrected chi connectivity index (χ1v) is 14.0. The van der Waals surface area contributed by atoms with Crippen LogP contribution >= 0.6 is 11.3 Å². The van der Waals surface area contributed by atoms with E-state index in [1.54, 1.807) is 67.8 Å². The number of ether oxygens (including phenoxy) is 3. The van der Waals surface area contributed by atoms with Crippen LogP contribution in [0.3, 0.4) is 0 Å². The van der Waals surface area contributed by atoms with Crippen LogP contribution in [-0.4, -0.2) is 36.0 Å². The van der Waals surface area contributed by atoms with Crippen molar-refractivity contribution in [2.75, 3.05) is 19.1 Å². The summed E-state index contributed by atoms with van der Waals surface area (Å²) in [5, 5.41) is 11.7. The van der Waals surface area contributed by atoms with E-state index >= 15 is 0 Å². The molecular formula is C33H26N2O6S. The van der Waals surface area contributed by atoms with Crippen LogP contribution in [0.25, 0.3) is 16.0 Å². The zero-order valence-corrected chi connectivity index (χ0v) is 23.6. The molecule has 42 heavy (non-hydrogen) atoms. The smallest absolute Gasteiger partial charge is 0.301 e. The molecule has 1 aliphatic rings. The summed E-state index contributed by atoms with van der Waals surface area (Å²) in [5.41, 5.74) is 2.58. The number of aliphatic hydroxyl groups is 1. The van der Waals surface area contributed by atoms with Gasteiger partial charge in [0.15, 0.2) is 16.6 Å². The second kappa shape index (κ2) is 11.4. The van der Waals surface area contributed by atoms with Crippen molar-refractivity contribution in [1.29, 1.82) is 0 Å². The number of rotatable bonds is 8. The molecule has 1 fully saturated rings. The fourth-order valence-corrected chi connectivity index (χ4v) is 5.95. The topological polar surface area (TPSA) is 98.2 Å². The number of hydrogen-bond donors (Lipinski definition) is 1. The average Bonchev–Trinajstić information content (AvgIpc) is 3.57. The van der Waals surface area contributed by atoms with Gasteiger partial charge in [-0.15, -0.1) is 0 Å². The van der Waals surface area contributed by atoms with Gasteiger partial charge in [-0.05, 0) is 41.5 Å². The number of nitrogens with zero attached hydrogens (tertiary/aromatic N) is 2. The monoisotopic (exact) mass is 578 g/mol. The van der Waals surface area contributed by atoms with Crippen molar-refractivity contribution in [1.82, 2.24) is 4.98 Å². The number of amides is 1. The number of anilines is 1. The number of aliphatic hydroxyl groups excluding tert-OH is 1. The number of carbonyl (C=O) groups is 2. The minimum Gasteiger partial charge on any atom is -0.507 e. The molecule has 0 saturated carbocycles. The standard InChI is InChI=1S/C33H26N2O6S/c1-39-23-14-15-24-27(18-23)42-33(34-24)35-29(28(31(37)32(35)38)30(36)21-11-7-4-8-12-21)22-13-16-25(26(17-22)40-2)41-19-20-9-5-3-6-10-20/h3-18,29,36H,19H2,1-2H3. The van der Waals surface area contributed by atoms with Crippen molar-refractivity contribution in [3.8, 4) is 17.2 Å². The Balaban J connectivity index is 1.47. The lowest BCUT2D eigenvalue weighted by atomic mass is 9.95. The molecule has 2 heterocycles. The molecule has 210 valence electrons. The molecule has 1 amide bonds. The Labute approximate surface area is 246 Å². The third-order valence-electron chi connectivity index (χ3n) is 7.02. The molecule has 1 saturated heterocycles. The maximum absolute atomic E-state index is 13.6. The summed E-state index contributed by atoms with van der Waals surface area (Å²) in [6.45, 7) is 0.332. The first kappa shape index (κ1) is 27.0. The lowest BCUT2D eigenvalue weighted by Gasteiger charge is -2.24. The first-order chi connectivity index (χ1) is 20.5. The van der Waals surface area contributed by atoms with E-state index in [-0.39, 0.29) is 11.3 Å². The normalized spacial score (nSPS) is 16.1. The first-order valence-electron chi connectivity index (χ1n) is 13.1. The van der Waals surface area contributed by atoms with Gasteiger partial charge < -0.3 is 19.3 Å². The van der Waals surface area contributed by atoms with Crippen LogP contribution in [0.5, 0.6) is 17.2 Å². The van der Waals surface area contributed by atoms with Gasteiger partial charge in [0.2, 0.25) is 0 Å². The Morgan fingerprint density at radius 3 is 2.33 bits per heavy atom. The molecule has 0 aliphatic carbocycles. The number of Topliss-reactive ketones (excluding diaryl/α,β-unsaturated/α-hetero) is 1. The molecule has 1 atom stereocenters. The fraction of sp³-hybridized carbons (Fsp3) is 0.121. The summed E-state index contributed by atoms with van der Waals surface area (Å²) in [5.74, 6) is -0.294. The highest BCUT2D eigenvalue weighted by Crippen LogP contribution is 2.46. The molecule has 0 bridgehead atoms. The highest BCUT2D eigenvalue weighted by molar-refractivity contribution is 7.22. The van der Waals surface area contributed by atoms with Gasteiger partial charge in [-0.3, -0.25) is 14.5 Å². The van der Waals surface area contributed by atoms with Crippen molar-refractivity contribution in [2.45, 2.75) is 12.6 Å². The molecule has 1 unspecified atom stereocenters. The molecule has 1 N–H and O–H groups in total. The third-order valence-corrected chi connectivity index (χ3v) is 8.04. The Bertz CT molecular complexity index is 1820. The van der Waals surface area contributed by atoms with E-state index in [1.165, 1.54) is 23.3 Å². The van der Waals surface area contributed by atoms with Gasteiger partial charge in [-0.25, -0.2) is 4.98 Å². The SMILES string of the molecule is COc1ccc2nc(N3C(=O)C(=O)C(=C(O)c4ccccc4)C3c3ccc(OCc4ccccc4)c(OC)c3)sc2c1. The van der Waals surface area contributed by atoms with Crippen LogP contribution in [0.2, 0.25) is 0 Å². The van der Waals surface area contributed by atoms with Crippen molar-refractivity contribution >= 4 is 44.1 Å². The van der Waals surface area contributed by atoms with Gasteiger partial charge in [0.05, 0.1) is 36.1 Å². The molecule has 6 rings (SSSR count). The highest BCUT2D eigenvalue weighted by Gasteiger charge is 2.48. The van der Waals surface area contributed by atoms with Gasteiger partial charge in [-0.2, -0.15) is 0 Å². The van der Waals surface area contributed by atoms with Crippen molar-refractivity contribution in [3.05, 3.63) is 119 Å². The maximum atomic E-state index is 13.6. The minimum atomic E-state index is -0.968. The third kappa shape index (κ3) is 4.95. The number of thiazole rings is 1. The summed E-state index contributed by atoms with van der Waals surface area (Å²) in [7, 11) is 3.10. The van der Waals surface area contributed by atoms with Gasteiger partial charge in [-0.1, -0.05) is 78.1 Å². The summed E-state index contributed by atoms with van der Waals surface area (Å²) >= 11 is 1.26. The number of carbonyl (C=O) groups excluding carboxylic acids is 2. The number of ketones is 1. The van der Waals surface area contributed by atoms with Crippen LogP contribution in [0.1, 0.15) is 22.7 Å². The van der Waals surface area contributed by atoms with Gasteiger partial charge in [0, 0.05) is 5.56 Å². The van der Waals surface area contributed by atoms with E-state index < -0.39 is 17.7 Å². The molecule has 0 spiro atoms. The molecule has 4 aromatic carbocycles. The molecular weight excluding hydrogens is 552 g/mol. The largest absolute Gasteiger partial charge is 0.507 e. The maximum Gasteiger partial charge on any atom is 0.301 e. The van der Waals surface area contributed by atoms with Crippen molar-refractivity contribution < 1.29 is 28.9 Å². The lowest BCUT2D eigenvalue weighted by Crippen LogP contribution is -2.29. The van der Waals surface area contributed by atoms with Crippen LogP contribution in [-0.2, 0) is 16.2 Å². The highest BCUT2D eigenvalue weighted by atomic mass is 32.1. The van der Waals surface area contributed by atoms with E-state index in [9.17, 15) is 14.7 Å². The van der Waals surface area contributed by atoms with E-state index in [0.29, 0.717) is 45.6 Å². The van der Waals surface area contributed by atoms with Gasteiger partial charge >= 0.3 is 5.91 Å². The second-order valence-electron chi connectivity index (χ2n) is 9.55. The number of benzene rings is 4. The summed E-state index contributed by atoms with van der Waals surface area (Å²) < 4.78 is 17.8. The quantitative estimate of drug-likeness (QED) is 0.127. The Morgan fingerprint density at radius 1 is 0.881 bits per heavy atom. The fourth-order valence-electron chi connectivity index (χ4n) is 4.93. The Kier molecular flexibility index (Phi) is 7.33. The van der Waals surface area contributed by atoms with Gasteiger partial charge in [0.1, 0.15) is 18.1 Å². The number of aromatic nitrogens is 1. The molecule has 1 aliphatic heterocycles. The molecule has 9 heteroatoms. The number of fused-ring (bicyclic) bond motifs is 1. The van der Waals surface area contributed by atoms with E-state index in [1.807, 2.05) is 36.4 Å². The van der Waals surface area contributed by atoms with Gasteiger partial charge in [0.25, 0.3) is 5.78 Å². The summed E-state index contributed by atoms with van der Waals surface area (Å²) in [4.78, 5) is 33.2. The van der Waals surface area contributed by atoms with Crippen LogP contribution in [0, 0.1) is 0 Å². The second-order valence-corrected chi connectivity index (χ2v) is 10.6. The van der Waals surface area contributed by atoms with Crippen molar-refractivity contribution in [2.24, 2.45) is 0 Å². The zero-order chi connectivity index (χ0) is 29.2. The molecule has 1 aromatic heterocycles. The van der Waals surface area contributed by atoms with E-state index in [4.69, 9.17) is 14.2 Å². The molecule has 5 aromatic rings. The van der Waals surface area contributed by atoms with E-state index in [2.05, 4.69) is 4.98 Å². The predicted molar refractivity (Wildman–Crippen MR) is 161 cm³/mol. The Morgan fingerprint density at radius 2 is 1.62 bits per heavy atom. The number of methoxy groups -OCH3 is 2. The van der Waals surface area contributed by atoms with Crippen LogP contribution in [0.15, 0.2) is 103 Å². The summed E-state index contributed by atoms with van der Waals surface area (Å²) in [6.07, 6.45) is 0. The lowest BCUT2D eigenvalue weighted by molar-refractivity contribution is -0.132. The zero-order valence-electron chi connectivity index (χ0n) is 22.8. The van der Waals surface area contributed by atoms with Crippen molar-refractivity contribution in [3.63, 3.8) is 0 Å². The number of hydrogen-bond acceptors (Lipinski definition) is 8. The molecule has 8 nitrogen and oxygen atoms in total. The van der Waals surface area contributed by atoms with Crippen LogP contribution in [0.4, 0.5) is 5.13 Å². The Hall–Kier alpha value is -5.15. The molecule has 0 radical (unpaired) electrons. The van der Waals surface area contributed by atoms with Crippen LogP contribution < -0.4 is 19.1 Å².